The van der Waals surface area contributed by atoms with Gasteiger partial charge in [-0.25, -0.2) is 4.79 Å². The van der Waals surface area contributed by atoms with E-state index in [9.17, 15) is 4.79 Å². The molecule has 0 saturated heterocycles. The van der Waals surface area contributed by atoms with E-state index in [1.54, 1.807) is 6.07 Å². The number of hydrogen-bond acceptors (Lipinski definition) is 4. The maximum absolute atomic E-state index is 12.5. The predicted molar refractivity (Wildman–Crippen MR) is 102 cm³/mol. The van der Waals surface area contributed by atoms with Crippen molar-refractivity contribution >= 4 is 11.7 Å². The molecule has 0 bridgehead atoms. The fourth-order valence-electron chi connectivity index (χ4n) is 2.50. The van der Waals surface area contributed by atoms with Crippen LogP contribution in [0.1, 0.15) is 21.5 Å². The SMILES string of the molecule is CNc1ccc(C(=O)OCc2ccccc2)c(OCc2ccccc2)c1. The first-order valence-electron chi connectivity index (χ1n) is 8.46. The van der Waals surface area contributed by atoms with E-state index in [0.29, 0.717) is 17.9 Å². The van der Waals surface area contributed by atoms with E-state index < -0.39 is 5.97 Å². The van der Waals surface area contributed by atoms with Crippen LogP contribution < -0.4 is 10.1 Å². The van der Waals surface area contributed by atoms with Crippen LogP contribution in [0.2, 0.25) is 0 Å². The molecule has 0 aliphatic carbocycles. The van der Waals surface area contributed by atoms with Gasteiger partial charge in [-0.1, -0.05) is 60.7 Å². The van der Waals surface area contributed by atoms with Gasteiger partial charge in [0.05, 0.1) is 0 Å². The molecule has 0 aliphatic rings. The molecule has 3 aromatic rings. The molecule has 0 saturated carbocycles. The summed E-state index contributed by atoms with van der Waals surface area (Å²) in [5, 5.41) is 3.06. The van der Waals surface area contributed by atoms with Gasteiger partial charge in [0, 0.05) is 18.8 Å². The second-order valence-electron chi connectivity index (χ2n) is 5.80. The Morgan fingerprint density at radius 2 is 1.46 bits per heavy atom. The zero-order valence-corrected chi connectivity index (χ0v) is 14.6. The van der Waals surface area contributed by atoms with Gasteiger partial charge >= 0.3 is 5.97 Å². The second-order valence-corrected chi connectivity index (χ2v) is 5.80. The molecule has 0 atom stereocenters. The summed E-state index contributed by atoms with van der Waals surface area (Å²) in [6.07, 6.45) is 0. The third-order valence-corrected chi connectivity index (χ3v) is 3.94. The van der Waals surface area contributed by atoms with Gasteiger partial charge in [-0.3, -0.25) is 0 Å². The smallest absolute Gasteiger partial charge is 0.342 e. The molecule has 0 fully saturated rings. The van der Waals surface area contributed by atoms with E-state index >= 15 is 0 Å². The average Bonchev–Trinajstić information content (AvgIpc) is 2.71. The Bertz CT molecular complexity index is 848. The number of ether oxygens (including phenoxy) is 2. The number of anilines is 1. The lowest BCUT2D eigenvalue weighted by Gasteiger charge is -2.13. The first-order valence-corrected chi connectivity index (χ1v) is 8.46. The van der Waals surface area contributed by atoms with E-state index in [2.05, 4.69) is 5.32 Å². The molecule has 4 nitrogen and oxygen atoms in total. The number of carbonyl (C=O) groups is 1. The minimum Gasteiger partial charge on any atom is -0.488 e. The number of esters is 1. The van der Waals surface area contributed by atoms with Gasteiger partial charge < -0.3 is 14.8 Å². The van der Waals surface area contributed by atoms with Crippen molar-refractivity contribution in [3.63, 3.8) is 0 Å². The highest BCUT2D eigenvalue weighted by molar-refractivity contribution is 5.93. The Kier molecular flexibility index (Phi) is 5.88. The lowest BCUT2D eigenvalue weighted by molar-refractivity contribution is 0.0467. The van der Waals surface area contributed by atoms with Gasteiger partial charge in [-0.15, -0.1) is 0 Å². The Labute approximate surface area is 153 Å². The van der Waals surface area contributed by atoms with Crippen LogP contribution in [0.5, 0.6) is 5.75 Å². The summed E-state index contributed by atoms with van der Waals surface area (Å²) in [5.41, 5.74) is 3.26. The summed E-state index contributed by atoms with van der Waals surface area (Å²) in [4.78, 5) is 12.5. The van der Waals surface area contributed by atoms with Gasteiger partial charge in [-0.2, -0.15) is 0 Å². The highest BCUT2D eigenvalue weighted by Gasteiger charge is 2.15. The van der Waals surface area contributed by atoms with Gasteiger partial charge in [0.25, 0.3) is 0 Å². The first-order chi connectivity index (χ1) is 12.8. The molecule has 0 unspecified atom stereocenters. The Hall–Kier alpha value is -3.27. The molecule has 0 radical (unpaired) electrons. The average molecular weight is 347 g/mol. The summed E-state index contributed by atoms with van der Waals surface area (Å²) in [6.45, 7) is 0.610. The maximum atomic E-state index is 12.5. The molecular formula is C22H21NO3. The van der Waals surface area contributed by atoms with Crippen LogP contribution in [0.15, 0.2) is 78.9 Å². The summed E-state index contributed by atoms with van der Waals surface area (Å²) in [6, 6.07) is 24.8. The summed E-state index contributed by atoms with van der Waals surface area (Å²) in [5.74, 6) is 0.0957. The van der Waals surface area contributed by atoms with E-state index in [1.807, 2.05) is 79.8 Å². The molecule has 0 aliphatic heterocycles. The van der Waals surface area contributed by atoms with Crippen LogP contribution in [-0.2, 0) is 18.0 Å². The fraction of sp³-hybridized carbons (Fsp3) is 0.136. The van der Waals surface area contributed by atoms with Crippen LogP contribution in [-0.4, -0.2) is 13.0 Å². The molecule has 3 aromatic carbocycles. The van der Waals surface area contributed by atoms with Crippen molar-refractivity contribution in [3.8, 4) is 5.75 Å². The fourth-order valence-corrected chi connectivity index (χ4v) is 2.50. The number of rotatable bonds is 7. The van der Waals surface area contributed by atoms with Crippen LogP contribution >= 0.6 is 0 Å². The van der Waals surface area contributed by atoms with E-state index in [1.165, 1.54) is 0 Å². The molecular weight excluding hydrogens is 326 g/mol. The van der Waals surface area contributed by atoms with Crippen LogP contribution in [0, 0.1) is 0 Å². The van der Waals surface area contributed by atoms with Gasteiger partial charge in [0.1, 0.15) is 24.5 Å². The van der Waals surface area contributed by atoms with Crippen molar-refractivity contribution in [2.75, 3.05) is 12.4 Å². The van der Waals surface area contributed by atoms with Crippen molar-refractivity contribution in [3.05, 3.63) is 95.6 Å². The Morgan fingerprint density at radius 1 is 0.846 bits per heavy atom. The number of carbonyl (C=O) groups excluding carboxylic acids is 1. The quantitative estimate of drug-likeness (QED) is 0.631. The van der Waals surface area contributed by atoms with Crippen molar-refractivity contribution in [2.24, 2.45) is 0 Å². The van der Waals surface area contributed by atoms with Crippen molar-refractivity contribution in [1.29, 1.82) is 0 Å². The summed E-state index contributed by atoms with van der Waals surface area (Å²) in [7, 11) is 1.82. The zero-order chi connectivity index (χ0) is 18.2. The van der Waals surface area contributed by atoms with E-state index in [0.717, 1.165) is 16.8 Å². The number of benzene rings is 3. The minimum absolute atomic E-state index is 0.228. The molecule has 0 heterocycles. The monoisotopic (exact) mass is 347 g/mol. The first kappa shape index (κ1) is 17.5. The Morgan fingerprint density at radius 3 is 2.08 bits per heavy atom. The molecule has 4 heteroatoms. The van der Waals surface area contributed by atoms with Gasteiger partial charge in [0.15, 0.2) is 0 Å². The van der Waals surface area contributed by atoms with Crippen molar-refractivity contribution < 1.29 is 14.3 Å². The third-order valence-electron chi connectivity index (χ3n) is 3.94. The van der Waals surface area contributed by atoms with Crippen LogP contribution in [0.25, 0.3) is 0 Å². The van der Waals surface area contributed by atoms with Crippen LogP contribution in [0.4, 0.5) is 5.69 Å². The van der Waals surface area contributed by atoms with E-state index in [4.69, 9.17) is 9.47 Å². The number of hydrogen-bond donors (Lipinski definition) is 1. The predicted octanol–water partition coefficient (Wildman–Crippen LogP) is 4.66. The molecule has 0 amide bonds. The highest BCUT2D eigenvalue weighted by atomic mass is 16.5. The molecule has 26 heavy (non-hydrogen) atoms. The largest absolute Gasteiger partial charge is 0.488 e. The molecule has 3 rings (SSSR count). The normalized spacial score (nSPS) is 10.2. The maximum Gasteiger partial charge on any atom is 0.342 e. The third kappa shape index (κ3) is 4.63. The zero-order valence-electron chi connectivity index (χ0n) is 14.6. The number of nitrogens with one attached hydrogen (secondary N) is 1. The molecule has 1 N–H and O–H groups in total. The highest BCUT2D eigenvalue weighted by Crippen LogP contribution is 2.25. The molecule has 0 aromatic heterocycles. The lowest BCUT2D eigenvalue weighted by Crippen LogP contribution is -2.09. The van der Waals surface area contributed by atoms with E-state index in [-0.39, 0.29) is 6.61 Å². The Balaban J connectivity index is 1.73. The van der Waals surface area contributed by atoms with Crippen LogP contribution in [0.3, 0.4) is 0 Å². The summed E-state index contributed by atoms with van der Waals surface area (Å²) < 4.78 is 11.3. The lowest BCUT2D eigenvalue weighted by atomic mass is 10.1. The second kappa shape index (κ2) is 8.72. The van der Waals surface area contributed by atoms with Gasteiger partial charge in [0.2, 0.25) is 0 Å². The van der Waals surface area contributed by atoms with Crippen molar-refractivity contribution in [2.45, 2.75) is 13.2 Å². The topological polar surface area (TPSA) is 47.6 Å². The van der Waals surface area contributed by atoms with Crippen molar-refractivity contribution in [1.82, 2.24) is 0 Å². The molecule has 0 spiro atoms. The molecule has 132 valence electrons. The minimum atomic E-state index is -0.403. The summed E-state index contributed by atoms with van der Waals surface area (Å²) >= 11 is 0. The standard InChI is InChI=1S/C22H21NO3/c1-23-19-12-13-20(22(24)26-16-18-10-6-3-7-11-18)21(14-19)25-15-17-8-4-2-5-9-17/h2-14,23H,15-16H2,1H3. The van der Waals surface area contributed by atoms with Gasteiger partial charge in [-0.05, 0) is 23.3 Å².